The first-order chi connectivity index (χ1) is 6.72. The van der Waals surface area contributed by atoms with Crippen LogP contribution in [0.1, 0.15) is 18.1 Å². The molecule has 0 atom stereocenters. The van der Waals surface area contributed by atoms with Crippen molar-refractivity contribution >= 4 is 0 Å². The van der Waals surface area contributed by atoms with Crippen LogP contribution >= 0.6 is 0 Å². The molecule has 0 fully saturated rings. The fraction of sp³-hybridized carbons (Fsp3) is 0.200. The zero-order chi connectivity index (χ0) is 10.6. The molecule has 0 spiro atoms. The summed E-state index contributed by atoms with van der Waals surface area (Å²) in [6.07, 6.45) is 0. The molecule has 1 N–H and O–H groups in total. The van der Waals surface area contributed by atoms with E-state index < -0.39 is 0 Å². The van der Waals surface area contributed by atoms with Gasteiger partial charge in [0.2, 0.25) is 0 Å². The average molecular weight is 188 g/mol. The number of ether oxygens (including phenoxy) is 1. The lowest BCUT2D eigenvalue weighted by molar-refractivity contribution is 0.339. The predicted molar refractivity (Wildman–Crippen MR) is 48.7 cm³/mol. The summed E-state index contributed by atoms with van der Waals surface area (Å²) in [5, 5.41) is 26.7. The molecule has 0 bridgehead atoms. The maximum Gasteiger partial charge on any atom is 0.151 e. The van der Waals surface area contributed by atoms with Crippen molar-refractivity contribution in [2.75, 3.05) is 6.61 Å². The van der Waals surface area contributed by atoms with Crippen LogP contribution in [0.3, 0.4) is 0 Å². The standard InChI is InChI=1S/C10H8N2O2/c1-2-14-9-3-7(5-11)10(13)8(4-9)6-12/h3-4,13H,2H2,1H3. The Bertz CT molecular complexity index is 392. The molecule has 4 heteroatoms. The molecule has 0 saturated heterocycles. The van der Waals surface area contributed by atoms with Gasteiger partial charge in [-0.2, -0.15) is 10.5 Å². The van der Waals surface area contributed by atoms with E-state index in [2.05, 4.69) is 0 Å². The van der Waals surface area contributed by atoms with Crippen LogP contribution in [0, 0.1) is 22.7 Å². The van der Waals surface area contributed by atoms with Crippen molar-refractivity contribution in [1.82, 2.24) is 0 Å². The van der Waals surface area contributed by atoms with Crippen LogP contribution in [0.5, 0.6) is 11.5 Å². The average Bonchev–Trinajstić information content (AvgIpc) is 2.20. The zero-order valence-corrected chi connectivity index (χ0v) is 7.61. The minimum atomic E-state index is -0.293. The largest absolute Gasteiger partial charge is 0.505 e. The third-order valence-corrected chi connectivity index (χ3v) is 1.64. The molecule has 0 heterocycles. The van der Waals surface area contributed by atoms with Gasteiger partial charge in [0.15, 0.2) is 5.75 Å². The van der Waals surface area contributed by atoms with E-state index in [1.165, 1.54) is 12.1 Å². The van der Waals surface area contributed by atoms with Crippen LogP contribution in [0.4, 0.5) is 0 Å². The van der Waals surface area contributed by atoms with Gasteiger partial charge < -0.3 is 9.84 Å². The molecule has 1 rings (SSSR count). The predicted octanol–water partition coefficient (Wildman–Crippen LogP) is 1.53. The maximum absolute atomic E-state index is 9.38. The highest BCUT2D eigenvalue weighted by Crippen LogP contribution is 2.27. The minimum Gasteiger partial charge on any atom is -0.505 e. The smallest absolute Gasteiger partial charge is 0.151 e. The van der Waals surface area contributed by atoms with Gasteiger partial charge >= 0.3 is 0 Å². The molecule has 0 aliphatic carbocycles. The summed E-state index contributed by atoms with van der Waals surface area (Å²) < 4.78 is 5.13. The SMILES string of the molecule is CCOc1cc(C#N)c(O)c(C#N)c1. The van der Waals surface area contributed by atoms with Gasteiger partial charge in [-0.3, -0.25) is 0 Å². The Morgan fingerprint density at radius 2 is 1.79 bits per heavy atom. The molecule has 1 aromatic rings. The second-order valence-corrected chi connectivity index (χ2v) is 2.52. The minimum absolute atomic E-state index is 0.0486. The number of benzene rings is 1. The number of nitrogens with zero attached hydrogens (tertiary/aromatic N) is 2. The molecular weight excluding hydrogens is 180 g/mol. The topological polar surface area (TPSA) is 77.0 Å². The van der Waals surface area contributed by atoms with Crippen LogP contribution < -0.4 is 4.74 Å². The van der Waals surface area contributed by atoms with Crippen LogP contribution in [0.25, 0.3) is 0 Å². The first kappa shape index (κ1) is 9.88. The van der Waals surface area contributed by atoms with E-state index in [-0.39, 0.29) is 16.9 Å². The Kier molecular flexibility index (Phi) is 2.93. The van der Waals surface area contributed by atoms with Gasteiger partial charge in [-0.15, -0.1) is 0 Å². The van der Waals surface area contributed by atoms with Crippen molar-refractivity contribution in [3.8, 4) is 23.6 Å². The van der Waals surface area contributed by atoms with Crippen LogP contribution in [-0.2, 0) is 0 Å². The van der Waals surface area contributed by atoms with Gasteiger partial charge in [0.05, 0.1) is 17.7 Å². The maximum atomic E-state index is 9.38. The highest BCUT2D eigenvalue weighted by atomic mass is 16.5. The number of rotatable bonds is 2. The monoisotopic (exact) mass is 188 g/mol. The van der Waals surface area contributed by atoms with Crippen molar-refractivity contribution in [2.45, 2.75) is 6.92 Å². The van der Waals surface area contributed by atoms with Gasteiger partial charge in [0.1, 0.15) is 17.9 Å². The Hall–Kier alpha value is -2.20. The third kappa shape index (κ3) is 1.75. The summed E-state index contributed by atoms with van der Waals surface area (Å²) in [5.41, 5.74) is 0.0972. The van der Waals surface area contributed by atoms with Crippen LogP contribution in [0.15, 0.2) is 12.1 Å². The summed E-state index contributed by atoms with van der Waals surface area (Å²) >= 11 is 0. The lowest BCUT2D eigenvalue weighted by Crippen LogP contribution is -1.93. The number of nitriles is 2. The summed E-state index contributed by atoms with van der Waals surface area (Å²) in [6.45, 7) is 2.24. The number of phenols is 1. The second kappa shape index (κ2) is 4.15. The molecule has 0 aliphatic heterocycles. The molecule has 0 saturated carbocycles. The number of hydrogen-bond donors (Lipinski definition) is 1. The molecular formula is C10H8N2O2. The highest BCUT2D eigenvalue weighted by molar-refractivity contribution is 5.56. The van der Waals surface area contributed by atoms with Crippen LogP contribution in [-0.4, -0.2) is 11.7 Å². The Morgan fingerprint density at radius 3 is 2.14 bits per heavy atom. The van der Waals surface area contributed by atoms with Gasteiger partial charge in [0, 0.05) is 12.1 Å². The second-order valence-electron chi connectivity index (χ2n) is 2.52. The Morgan fingerprint density at radius 1 is 1.29 bits per heavy atom. The summed E-state index contributed by atoms with van der Waals surface area (Å²) in [6, 6.07) is 6.38. The zero-order valence-electron chi connectivity index (χ0n) is 7.61. The Balaban J connectivity index is 3.28. The summed E-state index contributed by atoms with van der Waals surface area (Å²) in [5.74, 6) is 0.122. The van der Waals surface area contributed by atoms with E-state index in [1.54, 1.807) is 19.1 Å². The number of aromatic hydroxyl groups is 1. The van der Waals surface area contributed by atoms with Crippen molar-refractivity contribution in [3.05, 3.63) is 23.3 Å². The molecule has 1 aromatic carbocycles. The molecule has 0 radical (unpaired) electrons. The molecule has 0 aromatic heterocycles. The van der Waals surface area contributed by atoms with Crippen molar-refractivity contribution < 1.29 is 9.84 Å². The fourth-order valence-electron chi connectivity index (χ4n) is 1.03. The molecule has 0 amide bonds. The molecule has 14 heavy (non-hydrogen) atoms. The van der Waals surface area contributed by atoms with Gasteiger partial charge in [-0.25, -0.2) is 0 Å². The van der Waals surface area contributed by atoms with E-state index in [4.69, 9.17) is 15.3 Å². The third-order valence-electron chi connectivity index (χ3n) is 1.64. The van der Waals surface area contributed by atoms with E-state index in [9.17, 15) is 5.11 Å². The molecule has 0 unspecified atom stereocenters. The first-order valence-electron chi connectivity index (χ1n) is 4.03. The number of phenolic OH excluding ortho intramolecular Hbond substituents is 1. The highest BCUT2D eigenvalue weighted by Gasteiger charge is 2.09. The molecule has 70 valence electrons. The van der Waals surface area contributed by atoms with E-state index >= 15 is 0 Å². The Labute approximate surface area is 81.6 Å². The summed E-state index contributed by atoms with van der Waals surface area (Å²) in [4.78, 5) is 0. The van der Waals surface area contributed by atoms with Gasteiger partial charge in [-0.05, 0) is 6.92 Å². The number of hydrogen-bond acceptors (Lipinski definition) is 4. The molecule has 0 aliphatic rings. The van der Waals surface area contributed by atoms with Gasteiger partial charge in [0.25, 0.3) is 0 Å². The summed E-state index contributed by atoms with van der Waals surface area (Å²) in [7, 11) is 0. The van der Waals surface area contributed by atoms with Crippen molar-refractivity contribution in [1.29, 1.82) is 10.5 Å². The van der Waals surface area contributed by atoms with E-state index in [1.807, 2.05) is 0 Å². The lowest BCUT2D eigenvalue weighted by Gasteiger charge is -2.05. The van der Waals surface area contributed by atoms with Crippen LogP contribution in [0.2, 0.25) is 0 Å². The van der Waals surface area contributed by atoms with Gasteiger partial charge in [-0.1, -0.05) is 0 Å². The molecule has 4 nitrogen and oxygen atoms in total. The van der Waals surface area contributed by atoms with Crippen molar-refractivity contribution in [3.63, 3.8) is 0 Å². The lowest BCUT2D eigenvalue weighted by atomic mass is 10.1. The normalized spacial score (nSPS) is 8.79. The quantitative estimate of drug-likeness (QED) is 0.763. The van der Waals surface area contributed by atoms with E-state index in [0.717, 1.165) is 0 Å². The van der Waals surface area contributed by atoms with Crippen molar-refractivity contribution in [2.24, 2.45) is 0 Å². The fourth-order valence-corrected chi connectivity index (χ4v) is 1.03. The first-order valence-corrected chi connectivity index (χ1v) is 4.03. The van der Waals surface area contributed by atoms with E-state index in [0.29, 0.717) is 12.4 Å².